The van der Waals surface area contributed by atoms with E-state index in [-0.39, 0.29) is 23.5 Å². The fourth-order valence-electron chi connectivity index (χ4n) is 1.26. The predicted molar refractivity (Wildman–Crippen MR) is 42.7 cm³/mol. The highest BCUT2D eigenvalue weighted by atomic mass is 16.5. The summed E-state index contributed by atoms with van der Waals surface area (Å²) in [5.74, 6) is -0.983. The summed E-state index contributed by atoms with van der Waals surface area (Å²) in [5.41, 5.74) is 0.0992. The third-order valence-corrected chi connectivity index (χ3v) is 1.81. The molecule has 0 atom stereocenters. The van der Waals surface area contributed by atoms with Crippen LogP contribution in [0.5, 0.6) is 11.5 Å². The number of phenolic OH excluding ortho intramolecular Hbond substituents is 1. The Morgan fingerprint density at radius 2 is 2.08 bits per heavy atom. The molecule has 1 aliphatic rings. The normalized spacial score (nSPS) is 15.1. The molecule has 0 saturated carbocycles. The van der Waals surface area contributed by atoms with E-state index in [0.717, 1.165) is 0 Å². The molecule has 0 amide bonds. The molecular weight excluding hydrogens is 172 g/mol. The Morgan fingerprint density at radius 3 is 2.85 bits per heavy atom. The highest BCUT2D eigenvalue weighted by molar-refractivity contribution is 6.12. The summed E-state index contributed by atoms with van der Waals surface area (Å²) in [6.07, 6.45) is -0.301. The van der Waals surface area contributed by atoms with Crippen molar-refractivity contribution in [3.63, 3.8) is 0 Å². The Balaban J connectivity index is 2.61. The molecule has 0 aliphatic carbocycles. The zero-order chi connectivity index (χ0) is 9.42. The molecule has 2 rings (SSSR count). The fourth-order valence-corrected chi connectivity index (χ4v) is 1.26. The first-order valence-corrected chi connectivity index (χ1v) is 3.74. The molecule has 0 fully saturated rings. The van der Waals surface area contributed by atoms with Crippen LogP contribution in [0, 0.1) is 0 Å². The van der Waals surface area contributed by atoms with Gasteiger partial charge in [-0.05, 0) is 12.1 Å². The number of hydrogen-bond donors (Lipinski definition) is 1. The third-order valence-electron chi connectivity index (χ3n) is 1.81. The first kappa shape index (κ1) is 7.79. The molecule has 0 saturated heterocycles. The molecule has 0 unspecified atom stereocenters. The van der Waals surface area contributed by atoms with Crippen molar-refractivity contribution in [1.82, 2.24) is 0 Å². The smallest absolute Gasteiger partial charge is 0.319 e. The monoisotopic (exact) mass is 178 g/mol. The minimum atomic E-state index is -0.580. The maximum Gasteiger partial charge on any atom is 0.319 e. The van der Waals surface area contributed by atoms with E-state index in [1.807, 2.05) is 0 Å². The second kappa shape index (κ2) is 2.58. The van der Waals surface area contributed by atoms with Crippen LogP contribution in [0.25, 0.3) is 0 Å². The molecule has 0 radical (unpaired) electrons. The van der Waals surface area contributed by atoms with Crippen LogP contribution in [0.1, 0.15) is 16.8 Å². The van der Waals surface area contributed by atoms with Crippen molar-refractivity contribution < 1.29 is 19.4 Å². The van der Waals surface area contributed by atoms with Crippen LogP contribution in [-0.4, -0.2) is 16.9 Å². The van der Waals surface area contributed by atoms with Crippen LogP contribution < -0.4 is 4.74 Å². The van der Waals surface area contributed by atoms with Crippen molar-refractivity contribution in [2.75, 3.05) is 0 Å². The number of esters is 1. The lowest BCUT2D eigenvalue weighted by molar-refractivity contribution is -0.133. The summed E-state index contributed by atoms with van der Waals surface area (Å²) in [5, 5.41) is 9.30. The number of carbonyl (C=O) groups is 2. The highest BCUT2D eigenvalue weighted by Crippen LogP contribution is 2.31. The molecule has 0 aromatic heterocycles. The summed E-state index contributed by atoms with van der Waals surface area (Å²) in [7, 11) is 0. The second-order valence-corrected chi connectivity index (χ2v) is 2.72. The lowest BCUT2D eigenvalue weighted by Crippen LogP contribution is -2.21. The molecule has 1 N–H and O–H groups in total. The van der Waals surface area contributed by atoms with Gasteiger partial charge in [-0.15, -0.1) is 0 Å². The molecule has 13 heavy (non-hydrogen) atoms. The summed E-state index contributed by atoms with van der Waals surface area (Å²) in [4.78, 5) is 22.1. The van der Waals surface area contributed by atoms with Crippen LogP contribution in [0.2, 0.25) is 0 Å². The zero-order valence-electron chi connectivity index (χ0n) is 6.61. The highest BCUT2D eigenvalue weighted by Gasteiger charge is 2.27. The summed E-state index contributed by atoms with van der Waals surface area (Å²) in [6, 6.07) is 4.37. The van der Waals surface area contributed by atoms with Gasteiger partial charge in [0.1, 0.15) is 23.5 Å². The van der Waals surface area contributed by atoms with Gasteiger partial charge in [-0.2, -0.15) is 0 Å². The number of aromatic hydroxyl groups is 1. The van der Waals surface area contributed by atoms with Gasteiger partial charge >= 0.3 is 5.97 Å². The molecule has 1 aliphatic heterocycles. The van der Waals surface area contributed by atoms with Crippen LogP contribution in [-0.2, 0) is 4.79 Å². The molecule has 1 aromatic rings. The Kier molecular flexibility index (Phi) is 1.55. The number of phenols is 1. The minimum absolute atomic E-state index is 0.0992. The third kappa shape index (κ3) is 1.16. The number of ether oxygens (including phenoxy) is 1. The molecule has 4 nitrogen and oxygen atoms in total. The Labute approximate surface area is 73.8 Å². The van der Waals surface area contributed by atoms with E-state index in [1.54, 1.807) is 0 Å². The van der Waals surface area contributed by atoms with E-state index >= 15 is 0 Å². The van der Waals surface area contributed by atoms with E-state index in [1.165, 1.54) is 18.2 Å². The van der Waals surface area contributed by atoms with Crippen molar-refractivity contribution >= 4 is 11.8 Å². The van der Waals surface area contributed by atoms with Crippen LogP contribution >= 0.6 is 0 Å². The lowest BCUT2D eigenvalue weighted by Gasteiger charge is -2.14. The van der Waals surface area contributed by atoms with E-state index in [0.29, 0.717) is 0 Å². The first-order valence-electron chi connectivity index (χ1n) is 3.74. The topological polar surface area (TPSA) is 63.6 Å². The quantitative estimate of drug-likeness (QED) is 0.364. The van der Waals surface area contributed by atoms with E-state index < -0.39 is 11.8 Å². The fraction of sp³-hybridized carbons (Fsp3) is 0.111. The van der Waals surface area contributed by atoms with Gasteiger partial charge in [-0.25, -0.2) is 0 Å². The van der Waals surface area contributed by atoms with E-state index in [2.05, 4.69) is 0 Å². The molecule has 1 heterocycles. The molecule has 0 bridgehead atoms. The van der Waals surface area contributed by atoms with Gasteiger partial charge in [0.25, 0.3) is 0 Å². The number of ketones is 1. The largest absolute Gasteiger partial charge is 0.507 e. The molecule has 4 heteroatoms. The summed E-state index contributed by atoms with van der Waals surface area (Å²) >= 11 is 0. The second-order valence-electron chi connectivity index (χ2n) is 2.72. The zero-order valence-corrected chi connectivity index (χ0v) is 6.61. The van der Waals surface area contributed by atoms with E-state index in [4.69, 9.17) is 4.74 Å². The molecule has 1 aromatic carbocycles. The Bertz CT molecular complexity index is 395. The summed E-state index contributed by atoms with van der Waals surface area (Å²) < 4.78 is 4.76. The van der Waals surface area contributed by atoms with Crippen molar-refractivity contribution in [2.24, 2.45) is 0 Å². The number of fused-ring (bicyclic) bond motifs is 1. The van der Waals surface area contributed by atoms with Crippen molar-refractivity contribution in [1.29, 1.82) is 0 Å². The van der Waals surface area contributed by atoms with Gasteiger partial charge in [0.15, 0.2) is 5.78 Å². The van der Waals surface area contributed by atoms with Gasteiger partial charge in [-0.3, -0.25) is 9.59 Å². The number of rotatable bonds is 0. The molecule has 66 valence electrons. The average Bonchev–Trinajstić information content (AvgIpc) is 2.02. The lowest BCUT2D eigenvalue weighted by atomic mass is 10.0. The average molecular weight is 178 g/mol. The number of benzene rings is 1. The molecular formula is C9H6O4. The van der Waals surface area contributed by atoms with Gasteiger partial charge in [-0.1, -0.05) is 6.07 Å². The van der Waals surface area contributed by atoms with Crippen molar-refractivity contribution in [2.45, 2.75) is 6.42 Å². The SMILES string of the molecule is O=C1CC(=O)c2c(O)cccc2O1. The van der Waals surface area contributed by atoms with Crippen molar-refractivity contribution in [3.05, 3.63) is 23.8 Å². The van der Waals surface area contributed by atoms with E-state index in [9.17, 15) is 14.7 Å². The first-order chi connectivity index (χ1) is 6.18. The van der Waals surface area contributed by atoms with Crippen LogP contribution in [0.4, 0.5) is 0 Å². The Hall–Kier alpha value is -1.84. The van der Waals surface area contributed by atoms with Gasteiger partial charge < -0.3 is 9.84 Å². The van der Waals surface area contributed by atoms with Gasteiger partial charge in [0.2, 0.25) is 0 Å². The molecule has 0 spiro atoms. The standard InChI is InChI=1S/C9H6O4/c10-5-2-1-3-7-9(5)6(11)4-8(12)13-7/h1-3,10H,4H2. The van der Waals surface area contributed by atoms with Crippen molar-refractivity contribution in [3.8, 4) is 11.5 Å². The maximum absolute atomic E-state index is 11.3. The summed E-state index contributed by atoms with van der Waals surface area (Å²) in [6.45, 7) is 0. The minimum Gasteiger partial charge on any atom is -0.507 e. The van der Waals surface area contributed by atoms with Crippen LogP contribution in [0.3, 0.4) is 0 Å². The number of carbonyl (C=O) groups excluding carboxylic acids is 2. The number of hydrogen-bond acceptors (Lipinski definition) is 4. The Morgan fingerprint density at radius 1 is 1.31 bits per heavy atom. The van der Waals surface area contributed by atoms with Gasteiger partial charge in [0.05, 0.1) is 0 Å². The van der Waals surface area contributed by atoms with Gasteiger partial charge in [0, 0.05) is 0 Å². The van der Waals surface area contributed by atoms with Crippen LogP contribution in [0.15, 0.2) is 18.2 Å². The maximum atomic E-state index is 11.3. The predicted octanol–water partition coefficient (Wildman–Crippen LogP) is 0.884. The number of Topliss-reactive ketones (excluding diaryl/α,β-unsaturated/α-hetero) is 1.